The highest BCUT2D eigenvalue weighted by Crippen LogP contribution is 2.25. The summed E-state index contributed by atoms with van der Waals surface area (Å²) in [5.74, 6) is -1.62. The summed E-state index contributed by atoms with van der Waals surface area (Å²) < 4.78 is 0. The predicted octanol–water partition coefficient (Wildman–Crippen LogP) is 3.84. The summed E-state index contributed by atoms with van der Waals surface area (Å²) in [6, 6.07) is 12.0. The van der Waals surface area contributed by atoms with Crippen LogP contribution in [0.5, 0.6) is 0 Å². The second-order valence-corrected chi connectivity index (χ2v) is 7.30. The van der Waals surface area contributed by atoms with Crippen molar-refractivity contribution in [3.05, 3.63) is 75.3 Å². The average Bonchev–Trinajstić information content (AvgIpc) is 2.60. The summed E-state index contributed by atoms with van der Waals surface area (Å²) in [6.07, 6.45) is -0.296. The van der Waals surface area contributed by atoms with Crippen LogP contribution < -0.4 is 5.32 Å². The number of carbonyl (C=O) groups is 2. The van der Waals surface area contributed by atoms with Crippen molar-refractivity contribution in [2.24, 2.45) is 0 Å². The summed E-state index contributed by atoms with van der Waals surface area (Å²) in [6.45, 7) is 6.21. The first kappa shape index (κ1) is 20.1. The fourth-order valence-corrected chi connectivity index (χ4v) is 2.64. The first-order chi connectivity index (χ1) is 12.6. The topological polar surface area (TPSA) is 110 Å². The van der Waals surface area contributed by atoms with Gasteiger partial charge in [0.1, 0.15) is 0 Å². The van der Waals surface area contributed by atoms with Gasteiger partial charge in [0.05, 0.1) is 17.4 Å². The van der Waals surface area contributed by atoms with Crippen LogP contribution in [0.2, 0.25) is 0 Å². The molecular formula is C20H22N2O5. The molecule has 0 saturated heterocycles. The number of hydrogen-bond donors (Lipinski definition) is 2. The van der Waals surface area contributed by atoms with E-state index in [0.29, 0.717) is 5.56 Å². The molecule has 7 heteroatoms. The fraction of sp³-hybridized carbons (Fsp3) is 0.300. The third-order valence-electron chi connectivity index (χ3n) is 4.18. The number of carboxylic acids is 1. The molecule has 2 aromatic carbocycles. The summed E-state index contributed by atoms with van der Waals surface area (Å²) in [5.41, 5.74) is 1.60. The van der Waals surface area contributed by atoms with E-state index in [1.165, 1.54) is 18.2 Å². The van der Waals surface area contributed by atoms with Gasteiger partial charge in [-0.3, -0.25) is 19.7 Å². The highest BCUT2D eigenvalue weighted by molar-refractivity contribution is 5.95. The minimum atomic E-state index is -1.06. The molecule has 1 amide bonds. The van der Waals surface area contributed by atoms with E-state index in [-0.39, 0.29) is 23.1 Å². The van der Waals surface area contributed by atoms with Gasteiger partial charge in [-0.2, -0.15) is 0 Å². The van der Waals surface area contributed by atoms with Crippen molar-refractivity contribution in [1.82, 2.24) is 5.32 Å². The van der Waals surface area contributed by atoms with Gasteiger partial charge in [0, 0.05) is 17.7 Å². The van der Waals surface area contributed by atoms with Gasteiger partial charge in [0.15, 0.2) is 0 Å². The highest BCUT2D eigenvalue weighted by Gasteiger charge is 2.21. The first-order valence-corrected chi connectivity index (χ1v) is 8.45. The molecule has 0 aromatic heterocycles. The third-order valence-corrected chi connectivity index (χ3v) is 4.18. The van der Waals surface area contributed by atoms with Crippen molar-refractivity contribution >= 4 is 17.6 Å². The number of rotatable bonds is 6. The number of nitro groups is 1. The predicted molar refractivity (Wildman–Crippen MR) is 101 cm³/mol. The zero-order valence-electron chi connectivity index (χ0n) is 15.4. The SMILES string of the molecule is CC(C)(C)c1ccc([C@@H](CC(=O)O)NC(=O)c2cccc([N+](=O)[O-])c2)cc1. The zero-order chi connectivity index (χ0) is 20.2. The normalized spacial score (nSPS) is 12.3. The molecule has 0 aliphatic carbocycles. The minimum absolute atomic E-state index is 0.0486. The second-order valence-electron chi connectivity index (χ2n) is 7.30. The Morgan fingerprint density at radius 2 is 1.78 bits per heavy atom. The molecule has 0 spiro atoms. The van der Waals surface area contributed by atoms with Gasteiger partial charge in [-0.05, 0) is 22.6 Å². The maximum absolute atomic E-state index is 12.5. The van der Waals surface area contributed by atoms with Crippen LogP contribution in [-0.4, -0.2) is 21.9 Å². The highest BCUT2D eigenvalue weighted by atomic mass is 16.6. The van der Waals surface area contributed by atoms with E-state index in [2.05, 4.69) is 26.1 Å². The molecule has 1 atom stereocenters. The van der Waals surface area contributed by atoms with Crippen LogP contribution >= 0.6 is 0 Å². The van der Waals surface area contributed by atoms with E-state index in [0.717, 1.165) is 11.6 Å². The van der Waals surface area contributed by atoms with Gasteiger partial charge in [0.2, 0.25) is 0 Å². The Morgan fingerprint density at radius 1 is 1.15 bits per heavy atom. The molecule has 2 N–H and O–H groups in total. The third kappa shape index (κ3) is 5.37. The van der Waals surface area contributed by atoms with Gasteiger partial charge >= 0.3 is 5.97 Å². The van der Waals surface area contributed by atoms with Crippen molar-refractivity contribution in [1.29, 1.82) is 0 Å². The molecule has 27 heavy (non-hydrogen) atoms. The standard InChI is InChI=1S/C20H22N2O5/c1-20(2,3)15-9-7-13(8-10-15)17(12-18(23)24)21-19(25)14-5-4-6-16(11-14)22(26)27/h4-11,17H,12H2,1-3H3,(H,21,25)(H,23,24)/t17-/m1/s1. The average molecular weight is 370 g/mol. The molecule has 0 heterocycles. The number of non-ortho nitro benzene ring substituents is 1. The lowest BCUT2D eigenvalue weighted by atomic mass is 9.86. The lowest BCUT2D eigenvalue weighted by molar-refractivity contribution is -0.384. The molecule has 2 rings (SSSR count). The number of nitrogens with one attached hydrogen (secondary N) is 1. The van der Waals surface area contributed by atoms with Gasteiger partial charge in [-0.25, -0.2) is 0 Å². The summed E-state index contributed by atoms with van der Waals surface area (Å²) in [4.78, 5) is 34.0. The van der Waals surface area contributed by atoms with Gasteiger partial charge in [-0.15, -0.1) is 0 Å². The van der Waals surface area contributed by atoms with Crippen LogP contribution in [0.15, 0.2) is 48.5 Å². The number of aliphatic carboxylic acids is 1. The van der Waals surface area contributed by atoms with Crippen LogP contribution in [-0.2, 0) is 10.2 Å². The summed E-state index contributed by atoms with van der Waals surface area (Å²) in [7, 11) is 0. The quantitative estimate of drug-likeness (QED) is 0.593. The maximum atomic E-state index is 12.5. The van der Waals surface area contributed by atoms with Crippen molar-refractivity contribution in [2.45, 2.75) is 38.6 Å². The molecule has 0 unspecified atom stereocenters. The van der Waals surface area contributed by atoms with E-state index in [1.807, 2.05) is 12.1 Å². The molecule has 0 aliphatic heterocycles. The number of amides is 1. The molecule has 0 aliphatic rings. The summed E-state index contributed by atoms with van der Waals surface area (Å²) >= 11 is 0. The van der Waals surface area contributed by atoms with Crippen LogP contribution in [0.4, 0.5) is 5.69 Å². The molecule has 0 bridgehead atoms. The van der Waals surface area contributed by atoms with Crippen LogP contribution in [0.3, 0.4) is 0 Å². The van der Waals surface area contributed by atoms with Crippen LogP contribution in [0.25, 0.3) is 0 Å². The van der Waals surface area contributed by atoms with E-state index >= 15 is 0 Å². The Bertz CT molecular complexity index is 853. The molecule has 2 aromatic rings. The number of hydrogen-bond acceptors (Lipinski definition) is 4. The molecule has 0 fully saturated rings. The minimum Gasteiger partial charge on any atom is -0.481 e. The maximum Gasteiger partial charge on any atom is 0.305 e. The van der Waals surface area contributed by atoms with Gasteiger partial charge < -0.3 is 10.4 Å². The first-order valence-electron chi connectivity index (χ1n) is 8.45. The lowest BCUT2D eigenvalue weighted by Gasteiger charge is -2.22. The van der Waals surface area contributed by atoms with E-state index in [4.69, 9.17) is 0 Å². The second kappa shape index (κ2) is 7.99. The Kier molecular flexibility index (Phi) is 5.95. The van der Waals surface area contributed by atoms with Crippen molar-refractivity contribution in [2.75, 3.05) is 0 Å². The molecular weight excluding hydrogens is 348 g/mol. The Balaban J connectivity index is 2.26. The van der Waals surface area contributed by atoms with Gasteiger partial charge in [0.25, 0.3) is 11.6 Å². The van der Waals surface area contributed by atoms with Crippen molar-refractivity contribution < 1.29 is 19.6 Å². The fourth-order valence-electron chi connectivity index (χ4n) is 2.64. The number of nitro benzene ring substituents is 1. The molecule has 0 radical (unpaired) electrons. The smallest absolute Gasteiger partial charge is 0.305 e. The molecule has 0 saturated carbocycles. The summed E-state index contributed by atoms with van der Waals surface area (Å²) in [5, 5.41) is 22.7. The van der Waals surface area contributed by atoms with Crippen LogP contribution in [0.1, 0.15) is 54.7 Å². The molecule has 7 nitrogen and oxygen atoms in total. The van der Waals surface area contributed by atoms with Gasteiger partial charge in [-0.1, -0.05) is 51.1 Å². The number of benzene rings is 2. The number of carboxylic acid groups (broad SMARTS) is 1. The van der Waals surface area contributed by atoms with E-state index < -0.39 is 22.8 Å². The Morgan fingerprint density at radius 3 is 2.30 bits per heavy atom. The largest absolute Gasteiger partial charge is 0.481 e. The zero-order valence-corrected chi connectivity index (χ0v) is 15.4. The van der Waals surface area contributed by atoms with E-state index in [1.54, 1.807) is 12.1 Å². The Labute approximate surface area is 157 Å². The molecule has 142 valence electrons. The van der Waals surface area contributed by atoms with Crippen molar-refractivity contribution in [3.8, 4) is 0 Å². The lowest BCUT2D eigenvalue weighted by Crippen LogP contribution is -2.30. The van der Waals surface area contributed by atoms with E-state index in [9.17, 15) is 24.8 Å². The Hall–Kier alpha value is -3.22. The van der Waals surface area contributed by atoms with Crippen molar-refractivity contribution in [3.63, 3.8) is 0 Å². The monoisotopic (exact) mass is 370 g/mol. The van der Waals surface area contributed by atoms with Crippen LogP contribution in [0, 0.1) is 10.1 Å². The number of carbonyl (C=O) groups excluding carboxylic acids is 1. The number of nitrogens with zero attached hydrogens (tertiary/aromatic N) is 1.